The molecular formula is C26H39NO3. The van der Waals surface area contributed by atoms with Gasteiger partial charge in [0.2, 0.25) is 0 Å². The number of fused-ring (bicyclic) bond motifs is 1. The molecule has 3 N–H and O–H groups in total. The van der Waals surface area contributed by atoms with Crippen LogP contribution in [0.1, 0.15) is 89.7 Å². The van der Waals surface area contributed by atoms with E-state index in [0.29, 0.717) is 0 Å². The molecule has 2 aromatic carbocycles. The molecule has 0 radical (unpaired) electrons. The van der Waals surface area contributed by atoms with Crippen LogP contribution in [0.4, 0.5) is 0 Å². The number of hydrogen-bond donors (Lipinski definition) is 3. The van der Waals surface area contributed by atoms with Crippen molar-refractivity contribution in [1.82, 2.24) is 5.32 Å². The molecule has 0 aliphatic heterocycles. The number of carboxylic acids is 1. The van der Waals surface area contributed by atoms with Crippen LogP contribution in [0.5, 0.6) is 0 Å². The maximum Gasteiger partial charge on any atom is 0.303 e. The predicted octanol–water partition coefficient (Wildman–Crippen LogP) is 6.23. The monoisotopic (exact) mass is 413 g/mol. The highest BCUT2D eigenvalue weighted by molar-refractivity contribution is 5.86. The molecule has 0 fully saturated rings. The first-order valence-electron chi connectivity index (χ1n) is 11.7. The number of rotatable bonds is 15. The average Bonchev–Trinajstić information content (AvgIpc) is 2.75. The third kappa shape index (κ3) is 8.08. The summed E-state index contributed by atoms with van der Waals surface area (Å²) in [6, 6.07) is 14.6. The van der Waals surface area contributed by atoms with Gasteiger partial charge in [0.1, 0.15) is 0 Å². The fourth-order valence-electron chi connectivity index (χ4n) is 4.22. The van der Waals surface area contributed by atoms with Gasteiger partial charge in [0, 0.05) is 18.5 Å². The summed E-state index contributed by atoms with van der Waals surface area (Å²) in [5.41, 5.74) is 1.21. The van der Waals surface area contributed by atoms with E-state index in [2.05, 4.69) is 55.6 Å². The third-order valence-corrected chi connectivity index (χ3v) is 5.99. The van der Waals surface area contributed by atoms with Crippen LogP contribution in [0.25, 0.3) is 10.8 Å². The van der Waals surface area contributed by atoms with Crippen LogP contribution in [0, 0.1) is 0 Å². The minimum absolute atomic E-state index is 0.000979. The highest BCUT2D eigenvalue weighted by atomic mass is 16.4. The maximum atomic E-state index is 11.0. The van der Waals surface area contributed by atoms with E-state index in [1.807, 2.05) is 6.07 Å². The normalized spacial score (nSPS) is 14.5. The molecule has 0 amide bonds. The quantitative estimate of drug-likeness (QED) is 0.303. The summed E-state index contributed by atoms with van der Waals surface area (Å²) in [4.78, 5) is 11.0. The summed E-state index contributed by atoms with van der Waals surface area (Å²) in [5, 5.41) is 25.8. The van der Waals surface area contributed by atoms with Crippen molar-refractivity contribution in [3.63, 3.8) is 0 Å². The first kappa shape index (κ1) is 24.4. The summed E-state index contributed by atoms with van der Waals surface area (Å²) in [6.45, 7) is 4.36. The zero-order valence-corrected chi connectivity index (χ0v) is 18.6. The summed E-state index contributed by atoms with van der Waals surface area (Å²) in [5.74, 6) is -0.856. The molecule has 0 aromatic heterocycles. The minimum Gasteiger partial charge on any atom is -0.481 e. The number of aliphatic carboxylic acids is 1. The van der Waals surface area contributed by atoms with Crippen LogP contribution in [0.15, 0.2) is 42.5 Å². The summed E-state index contributed by atoms with van der Waals surface area (Å²) in [6.07, 6.45) is 9.09. The molecule has 2 aromatic rings. The largest absolute Gasteiger partial charge is 0.481 e. The predicted molar refractivity (Wildman–Crippen MR) is 125 cm³/mol. The topological polar surface area (TPSA) is 69.6 Å². The Bertz CT molecular complexity index is 756. The Morgan fingerprint density at radius 1 is 0.933 bits per heavy atom. The van der Waals surface area contributed by atoms with Crippen molar-refractivity contribution in [3.8, 4) is 0 Å². The molecule has 2 rings (SSSR count). The molecule has 0 saturated heterocycles. The minimum atomic E-state index is -0.856. The van der Waals surface area contributed by atoms with Crippen molar-refractivity contribution in [1.29, 1.82) is 0 Å². The summed E-state index contributed by atoms with van der Waals surface area (Å²) in [7, 11) is 0. The SMILES string of the molecule is CCCCCCCCCC(N[C@H](C)c1cccc2ccccc12)C(O)CCC(=O)O. The van der Waals surface area contributed by atoms with E-state index in [9.17, 15) is 9.90 Å². The number of carboxylic acid groups (broad SMARTS) is 1. The Hall–Kier alpha value is -1.91. The molecule has 0 bridgehead atoms. The zero-order chi connectivity index (χ0) is 21.8. The van der Waals surface area contributed by atoms with Gasteiger partial charge in [-0.15, -0.1) is 0 Å². The van der Waals surface area contributed by atoms with Gasteiger partial charge in [0.05, 0.1) is 6.10 Å². The second kappa shape index (κ2) is 13.4. The van der Waals surface area contributed by atoms with E-state index >= 15 is 0 Å². The van der Waals surface area contributed by atoms with Gasteiger partial charge < -0.3 is 15.5 Å². The lowest BCUT2D eigenvalue weighted by atomic mass is 9.95. The van der Waals surface area contributed by atoms with E-state index in [4.69, 9.17) is 5.11 Å². The van der Waals surface area contributed by atoms with Gasteiger partial charge in [-0.1, -0.05) is 94.3 Å². The summed E-state index contributed by atoms with van der Waals surface area (Å²) < 4.78 is 0. The summed E-state index contributed by atoms with van der Waals surface area (Å²) >= 11 is 0. The Morgan fingerprint density at radius 3 is 2.33 bits per heavy atom. The smallest absolute Gasteiger partial charge is 0.303 e. The van der Waals surface area contributed by atoms with Gasteiger partial charge in [-0.25, -0.2) is 0 Å². The molecule has 4 heteroatoms. The van der Waals surface area contributed by atoms with Crippen molar-refractivity contribution in [2.45, 2.75) is 96.2 Å². The molecule has 0 heterocycles. The molecule has 0 spiro atoms. The number of aliphatic hydroxyl groups is 1. The highest BCUT2D eigenvalue weighted by Crippen LogP contribution is 2.25. The second-order valence-electron chi connectivity index (χ2n) is 8.47. The van der Waals surface area contributed by atoms with Crippen LogP contribution in [0.2, 0.25) is 0 Å². The maximum absolute atomic E-state index is 11.0. The number of hydrogen-bond acceptors (Lipinski definition) is 3. The number of unbranched alkanes of at least 4 members (excludes halogenated alkanes) is 6. The van der Waals surface area contributed by atoms with Gasteiger partial charge in [0.25, 0.3) is 0 Å². The second-order valence-corrected chi connectivity index (χ2v) is 8.47. The highest BCUT2D eigenvalue weighted by Gasteiger charge is 2.22. The van der Waals surface area contributed by atoms with E-state index in [-0.39, 0.29) is 24.9 Å². The van der Waals surface area contributed by atoms with E-state index < -0.39 is 12.1 Å². The van der Waals surface area contributed by atoms with E-state index in [0.717, 1.165) is 19.3 Å². The first-order valence-corrected chi connectivity index (χ1v) is 11.7. The number of aliphatic hydroxyl groups excluding tert-OH is 1. The Kier molecular flexibility index (Phi) is 10.9. The average molecular weight is 414 g/mol. The molecule has 166 valence electrons. The van der Waals surface area contributed by atoms with Gasteiger partial charge in [-0.3, -0.25) is 4.79 Å². The fraction of sp³-hybridized carbons (Fsp3) is 0.577. The van der Waals surface area contributed by atoms with E-state index in [1.165, 1.54) is 48.4 Å². The van der Waals surface area contributed by atoms with Crippen LogP contribution < -0.4 is 5.32 Å². The number of nitrogens with one attached hydrogen (secondary N) is 1. The van der Waals surface area contributed by atoms with Crippen LogP contribution >= 0.6 is 0 Å². The molecule has 30 heavy (non-hydrogen) atoms. The van der Waals surface area contributed by atoms with Crippen molar-refractivity contribution < 1.29 is 15.0 Å². The first-order chi connectivity index (χ1) is 14.5. The van der Waals surface area contributed by atoms with Crippen molar-refractivity contribution in [2.24, 2.45) is 0 Å². The standard InChI is InChI=1S/C26H39NO3/c1-3-4-5-6-7-8-9-17-24(25(28)18-19-26(29)30)27-20(2)22-16-12-14-21-13-10-11-15-23(21)22/h10-16,20,24-25,27-28H,3-9,17-19H2,1-2H3,(H,29,30)/t20-,24?,25?/m1/s1. The Morgan fingerprint density at radius 2 is 1.60 bits per heavy atom. The molecule has 4 nitrogen and oxygen atoms in total. The van der Waals surface area contributed by atoms with Gasteiger partial charge in [0.15, 0.2) is 0 Å². The molecule has 0 aliphatic carbocycles. The van der Waals surface area contributed by atoms with Gasteiger partial charge in [-0.05, 0) is 36.1 Å². The lowest BCUT2D eigenvalue weighted by Crippen LogP contribution is -2.41. The lowest BCUT2D eigenvalue weighted by Gasteiger charge is -2.28. The number of carbonyl (C=O) groups is 1. The molecule has 0 aliphatic rings. The van der Waals surface area contributed by atoms with Gasteiger partial charge >= 0.3 is 5.97 Å². The third-order valence-electron chi connectivity index (χ3n) is 5.99. The van der Waals surface area contributed by atoms with Crippen LogP contribution in [-0.2, 0) is 4.79 Å². The van der Waals surface area contributed by atoms with Gasteiger partial charge in [-0.2, -0.15) is 0 Å². The molecule has 3 atom stereocenters. The Balaban J connectivity index is 1.99. The van der Waals surface area contributed by atoms with Crippen molar-refractivity contribution >= 4 is 16.7 Å². The Labute approximate surface area is 181 Å². The van der Waals surface area contributed by atoms with Crippen LogP contribution in [0.3, 0.4) is 0 Å². The zero-order valence-electron chi connectivity index (χ0n) is 18.6. The molecule has 2 unspecified atom stereocenters. The van der Waals surface area contributed by atoms with Crippen LogP contribution in [-0.4, -0.2) is 28.3 Å². The lowest BCUT2D eigenvalue weighted by molar-refractivity contribution is -0.137. The molecule has 0 saturated carbocycles. The van der Waals surface area contributed by atoms with Crippen molar-refractivity contribution in [3.05, 3.63) is 48.0 Å². The fourth-order valence-corrected chi connectivity index (χ4v) is 4.22. The number of benzene rings is 2. The van der Waals surface area contributed by atoms with Crippen molar-refractivity contribution in [2.75, 3.05) is 0 Å². The molecular weight excluding hydrogens is 374 g/mol. The van der Waals surface area contributed by atoms with E-state index in [1.54, 1.807) is 0 Å².